The van der Waals surface area contributed by atoms with E-state index in [0.29, 0.717) is 18.1 Å². The first-order valence-electron chi connectivity index (χ1n) is 8.26. The molecule has 0 atom stereocenters. The molecule has 2 aromatic rings. The van der Waals surface area contributed by atoms with Gasteiger partial charge >= 0.3 is 0 Å². The second-order valence-corrected chi connectivity index (χ2v) is 8.36. The van der Waals surface area contributed by atoms with Crippen LogP contribution in [0.25, 0.3) is 0 Å². The number of nitrogens with one attached hydrogen (secondary N) is 1. The summed E-state index contributed by atoms with van der Waals surface area (Å²) in [4.78, 5) is 12.1. The molecule has 1 aliphatic rings. The third-order valence-corrected chi connectivity index (χ3v) is 6.51. The van der Waals surface area contributed by atoms with E-state index in [2.05, 4.69) is 5.32 Å². The van der Waals surface area contributed by atoms with Crippen molar-refractivity contribution in [1.82, 2.24) is 13.9 Å². The molecule has 0 aliphatic carbocycles. The minimum absolute atomic E-state index is 0.186. The van der Waals surface area contributed by atoms with Crippen LogP contribution >= 0.6 is 11.6 Å². The van der Waals surface area contributed by atoms with Gasteiger partial charge in [0.25, 0.3) is 10.2 Å². The van der Waals surface area contributed by atoms with E-state index in [1.807, 2.05) is 36.4 Å². The summed E-state index contributed by atoms with van der Waals surface area (Å²) in [7, 11) is -3.67. The summed E-state index contributed by atoms with van der Waals surface area (Å²) < 4.78 is 27.8. The zero-order valence-corrected chi connectivity index (χ0v) is 15.7. The Morgan fingerprint density at radius 1 is 1.00 bits per heavy atom. The van der Waals surface area contributed by atoms with Gasteiger partial charge in [-0.1, -0.05) is 60.1 Å². The molecular formula is C18H20ClN3O3S. The number of hydrogen-bond acceptors (Lipinski definition) is 3. The molecule has 2 aromatic carbocycles. The molecule has 0 aromatic heterocycles. The van der Waals surface area contributed by atoms with Crippen molar-refractivity contribution in [2.45, 2.75) is 13.1 Å². The molecule has 1 fully saturated rings. The van der Waals surface area contributed by atoms with E-state index in [4.69, 9.17) is 11.6 Å². The summed E-state index contributed by atoms with van der Waals surface area (Å²) in [5.74, 6) is -0.322. The number of halogens is 1. The summed E-state index contributed by atoms with van der Waals surface area (Å²) in [6, 6.07) is 16.6. The topological polar surface area (TPSA) is 69.7 Å². The smallest absolute Gasteiger partial charge is 0.282 e. The van der Waals surface area contributed by atoms with Gasteiger partial charge in [0.1, 0.15) is 0 Å². The number of benzene rings is 2. The van der Waals surface area contributed by atoms with Crippen LogP contribution in [-0.4, -0.2) is 42.6 Å². The highest BCUT2D eigenvalue weighted by molar-refractivity contribution is 7.87. The first-order valence-corrected chi connectivity index (χ1v) is 10.0. The van der Waals surface area contributed by atoms with Crippen LogP contribution in [0.15, 0.2) is 54.6 Å². The SMILES string of the molecule is O=C(CN1CCN(Cc2ccccc2Cl)S1(=O)=O)NCc1ccccc1. The molecule has 6 nitrogen and oxygen atoms in total. The number of carbonyl (C=O) groups is 1. The van der Waals surface area contributed by atoms with E-state index in [9.17, 15) is 13.2 Å². The molecule has 0 radical (unpaired) electrons. The van der Waals surface area contributed by atoms with Gasteiger partial charge in [0, 0.05) is 31.2 Å². The van der Waals surface area contributed by atoms with Crippen molar-refractivity contribution in [3.8, 4) is 0 Å². The standard InChI is InChI=1S/C18H20ClN3O3S/c19-17-9-5-4-8-16(17)13-21-10-11-22(26(21,24)25)14-18(23)20-12-15-6-2-1-3-7-15/h1-9H,10-14H2,(H,20,23). The number of amides is 1. The van der Waals surface area contributed by atoms with Crippen molar-refractivity contribution < 1.29 is 13.2 Å². The summed E-state index contributed by atoms with van der Waals surface area (Å²) in [5, 5.41) is 3.28. The van der Waals surface area contributed by atoms with Crippen LogP contribution in [0.1, 0.15) is 11.1 Å². The summed E-state index contributed by atoms with van der Waals surface area (Å²) in [5.41, 5.74) is 1.71. The van der Waals surface area contributed by atoms with Gasteiger partial charge in [-0.3, -0.25) is 4.79 Å². The summed E-state index contributed by atoms with van der Waals surface area (Å²) in [6.07, 6.45) is 0. The first-order chi connectivity index (χ1) is 12.5. The first kappa shape index (κ1) is 18.8. The Bertz CT molecular complexity index is 874. The van der Waals surface area contributed by atoms with Crippen molar-refractivity contribution in [1.29, 1.82) is 0 Å². The Kier molecular flexibility index (Phi) is 5.93. The highest BCUT2D eigenvalue weighted by Gasteiger charge is 2.37. The van der Waals surface area contributed by atoms with Gasteiger partial charge in [0.05, 0.1) is 6.54 Å². The third-order valence-electron chi connectivity index (χ3n) is 4.21. The molecule has 0 unspecified atom stereocenters. The minimum Gasteiger partial charge on any atom is -0.351 e. The van der Waals surface area contributed by atoms with Crippen LogP contribution in [0.4, 0.5) is 0 Å². The number of rotatable bonds is 6. The average molecular weight is 394 g/mol. The molecule has 138 valence electrons. The van der Waals surface area contributed by atoms with Crippen molar-refractivity contribution in [2.75, 3.05) is 19.6 Å². The Labute approximate surface area is 158 Å². The monoisotopic (exact) mass is 393 g/mol. The molecular weight excluding hydrogens is 374 g/mol. The summed E-state index contributed by atoms with van der Waals surface area (Å²) in [6.45, 7) is 1.00. The molecule has 1 heterocycles. The maximum absolute atomic E-state index is 12.6. The lowest BCUT2D eigenvalue weighted by Crippen LogP contribution is -2.40. The van der Waals surface area contributed by atoms with E-state index >= 15 is 0 Å². The van der Waals surface area contributed by atoms with Crippen molar-refractivity contribution in [2.24, 2.45) is 0 Å². The van der Waals surface area contributed by atoms with Crippen LogP contribution in [0.5, 0.6) is 0 Å². The van der Waals surface area contributed by atoms with Crippen LogP contribution in [0, 0.1) is 0 Å². The van der Waals surface area contributed by atoms with Crippen LogP contribution < -0.4 is 5.32 Å². The fourth-order valence-corrected chi connectivity index (χ4v) is 4.50. The quantitative estimate of drug-likeness (QED) is 0.816. The number of carbonyl (C=O) groups excluding carboxylic acids is 1. The molecule has 1 aliphatic heterocycles. The molecule has 0 saturated carbocycles. The molecule has 26 heavy (non-hydrogen) atoms. The average Bonchev–Trinajstić information content (AvgIpc) is 2.90. The van der Waals surface area contributed by atoms with E-state index in [-0.39, 0.29) is 25.5 Å². The lowest BCUT2D eigenvalue weighted by molar-refractivity contribution is -0.121. The van der Waals surface area contributed by atoms with Gasteiger partial charge in [0.15, 0.2) is 0 Å². The van der Waals surface area contributed by atoms with Gasteiger partial charge in [-0.25, -0.2) is 0 Å². The molecule has 1 saturated heterocycles. The van der Waals surface area contributed by atoms with Gasteiger partial charge in [-0.05, 0) is 17.2 Å². The van der Waals surface area contributed by atoms with Crippen molar-refractivity contribution in [3.63, 3.8) is 0 Å². The van der Waals surface area contributed by atoms with Gasteiger partial charge in [-0.2, -0.15) is 17.0 Å². The van der Waals surface area contributed by atoms with E-state index in [1.165, 1.54) is 8.61 Å². The minimum atomic E-state index is -3.67. The number of hydrogen-bond donors (Lipinski definition) is 1. The Morgan fingerprint density at radius 3 is 2.38 bits per heavy atom. The number of nitrogens with zero attached hydrogens (tertiary/aromatic N) is 2. The van der Waals surface area contributed by atoms with E-state index in [0.717, 1.165) is 11.1 Å². The second kappa shape index (κ2) is 8.18. The predicted molar refractivity (Wildman–Crippen MR) is 101 cm³/mol. The van der Waals surface area contributed by atoms with E-state index < -0.39 is 10.2 Å². The lowest BCUT2D eigenvalue weighted by atomic mass is 10.2. The fourth-order valence-electron chi connectivity index (χ4n) is 2.77. The highest BCUT2D eigenvalue weighted by atomic mass is 35.5. The van der Waals surface area contributed by atoms with Crippen LogP contribution in [0.3, 0.4) is 0 Å². The van der Waals surface area contributed by atoms with Gasteiger partial charge < -0.3 is 5.32 Å². The third kappa shape index (κ3) is 4.42. The highest BCUT2D eigenvalue weighted by Crippen LogP contribution is 2.23. The molecule has 3 rings (SSSR count). The van der Waals surface area contributed by atoms with Crippen molar-refractivity contribution in [3.05, 3.63) is 70.7 Å². The van der Waals surface area contributed by atoms with Crippen LogP contribution in [0.2, 0.25) is 5.02 Å². The predicted octanol–water partition coefficient (Wildman–Crippen LogP) is 2.02. The van der Waals surface area contributed by atoms with E-state index in [1.54, 1.807) is 18.2 Å². The zero-order valence-electron chi connectivity index (χ0n) is 14.1. The normalized spacial score (nSPS) is 17.3. The summed E-state index contributed by atoms with van der Waals surface area (Å²) >= 11 is 6.12. The van der Waals surface area contributed by atoms with Gasteiger partial charge in [0.2, 0.25) is 5.91 Å². The molecule has 0 bridgehead atoms. The molecule has 1 N–H and O–H groups in total. The van der Waals surface area contributed by atoms with Crippen LogP contribution in [-0.2, 0) is 28.1 Å². The Balaban J connectivity index is 1.58. The largest absolute Gasteiger partial charge is 0.351 e. The molecule has 8 heteroatoms. The maximum Gasteiger partial charge on any atom is 0.282 e. The Hall–Kier alpha value is -1.93. The van der Waals surface area contributed by atoms with Gasteiger partial charge in [-0.15, -0.1) is 0 Å². The second-order valence-electron chi connectivity index (χ2n) is 6.03. The Morgan fingerprint density at radius 2 is 1.65 bits per heavy atom. The lowest BCUT2D eigenvalue weighted by Gasteiger charge is -2.19. The maximum atomic E-state index is 12.6. The zero-order chi connectivity index (χ0) is 18.6. The molecule has 1 amide bonds. The molecule has 0 spiro atoms. The fraction of sp³-hybridized carbons (Fsp3) is 0.278. The van der Waals surface area contributed by atoms with Crippen molar-refractivity contribution >= 4 is 27.7 Å².